The number of allylic oxidation sites excluding steroid dienone is 1. The van der Waals surface area contributed by atoms with E-state index >= 15 is 0 Å². The number of hydrogen-bond acceptors (Lipinski definition) is 4. The van der Waals surface area contributed by atoms with Crippen LogP contribution in [0.4, 0.5) is 4.79 Å². The Balaban J connectivity index is 2.72. The molecule has 26 heavy (non-hydrogen) atoms. The van der Waals surface area contributed by atoms with Gasteiger partial charge in [0.1, 0.15) is 5.60 Å². The molecule has 6 nitrogen and oxygen atoms in total. The van der Waals surface area contributed by atoms with E-state index < -0.39 is 23.7 Å². The molecular formula is C20H27NO5. The molecular weight excluding hydrogens is 334 g/mol. The minimum Gasteiger partial charge on any atom is -0.481 e. The Labute approximate surface area is 154 Å². The number of aliphatic carboxylic acids is 1. The van der Waals surface area contributed by atoms with E-state index in [4.69, 9.17) is 9.84 Å². The standard InChI is InChI=1S/C20H27NO5/c1-20(2,3)26-19(25)21-16(14-15-10-6-4-7-11-15)17(22)12-8-5-9-13-18(23)24/h4,6-8,10-12,16H,5,9,13-14H2,1-3H3,(H,21,25)(H,23,24)/b12-8+/t16-/m0/s1. The van der Waals surface area contributed by atoms with Crippen LogP contribution in [0, 0.1) is 0 Å². The van der Waals surface area contributed by atoms with Gasteiger partial charge in [-0.3, -0.25) is 9.59 Å². The normalized spacial score (nSPS) is 12.6. The summed E-state index contributed by atoms with van der Waals surface area (Å²) in [5.41, 5.74) is 0.262. The number of alkyl carbamates (subject to hydrolysis) is 1. The van der Waals surface area contributed by atoms with E-state index in [1.807, 2.05) is 30.3 Å². The van der Waals surface area contributed by atoms with Gasteiger partial charge < -0.3 is 15.2 Å². The first-order valence-electron chi connectivity index (χ1n) is 8.63. The van der Waals surface area contributed by atoms with Crippen molar-refractivity contribution in [1.29, 1.82) is 0 Å². The number of ketones is 1. The zero-order valence-electron chi connectivity index (χ0n) is 15.5. The number of carboxylic acid groups (broad SMARTS) is 1. The summed E-state index contributed by atoms with van der Waals surface area (Å²) in [5, 5.41) is 11.2. The maximum atomic E-state index is 12.5. The Kier molecular flexibility index (Phi) is 8.55. The smallest absolute Gasteiger partial charge is 0.408 e. The SMILES string of the molecule is CC(C)(C)OC(=O)N[C@@H](Cc1ccccc1)C(=O)/C=C/CCCC(=O)O. The van der Waals surface area contributed by atoms with Gasteiger partial charge in [-0.2, -0.15) is 0 Å². The number of amides is 1. The Hall–Kier alpha value is -2.63. The summed E-state index contributed by atoms with van der Waals surface area (Å²) in [5.74, 6) is -1.12. The monoisotopic (exact) mass is 361 g/mol. The average molecular weight is 361 g/mol. The van der Waals surface area contributed by atoms with Crippen LogP contribution in [0.5, 0.6) is 0 Å². The van der Waals surface area contributed by atoms with E-state index in [9.17, 15) is 14.4 Å². The van der Waals surface area contributed by atoms with Gasteiger partial charge in [-0.05, 0) is 45.3 Å². The second-order valence-electron chi connectivity index (χ2n) is 6.98. The predicted octanol–water partition coefficient (Wildman–Crippen LogP) is 3.50. The van der Waals surface area contributed by atoms with Crippen LogP contribution in [0.3, 0.4) is 0 Å². The third-order valence-electron chi connectivity index (χ3n) is 3.36. The van der Waals surface area contributed by atoms with Gasteiger partial charge in [0.25, 0.3) is 0 Å². The van der Waals surface area contributed by atoms with E-state index in [2.05, 4.69) is 5.32 Å². The van der Waals surface area contributed by atoms with Crippen LogP contribution < -0.4 is 5.32 Å². The summed E-state index contributed by atoms with van der Waals surface area (Å²) in [4.78, 5) is 35.0. The van der Waals surface area contributed by atoms with Crippen molar-refractivity contribution in [1.82, 2.24) is 5.32 Å². The van der Waals surface area contributed by atoms with E-state index in [1.165, 1.54) is 6.08 Å². The summed E-state index contributed by atoms with van der Waals surface area (Å²) in [6.45, 7) is 5.26. The molecule has 142 valence electrons. The van der Waals surface area contributed by atoms with Crippen molar-refractivity contribution in [2.45, 2.75) is 58.1 Å². The lowest BCUT2D eigenvalue weighted by molar-refractivity contribution is -0.137. The molecule has 0 aromatic heterocycles. The third kappa shape index (κ3) is 9.61. The van der Waals surface area contributed by atoms with Gasteiger partial charge in [0.05, 0.1) is 6.04 Å². The molecule has 0 fully saturated rings. The van der Waals surface area contributed by atoms with E-state index in [-0.39, 0.29) is 12.2 Å². The number of carbonyl (C=O) groups is 3. The van der Waals surface area contributed by atoms with Crippen molar-refractivity contribution in [2.24, 2.45) is 0 Å². The van der Waals surface area contributed by atoms with E-state index in [0.717, 1.165) is 5.56 Å². The molecule has 0 unspecified atom stereocenters. The zero-order valence-corrected chi connectivity index (χ0v) is 15.5. The first-order chi connectivity index (χ1) is 12.2. The Morgan fingerprint density at radius 2 is 1.85 bits per heavy atom. The van der Waals surface area contributed by atoms with Crippen molar-refractivity contribution in [2.75, 3.05) is 0 Å². The van der Waals surface area contributed by atoms with Crippen LogP contribution >= 0.6 is 0 Å². The fourth-order valence-electron chi connectivity index (χ4n) is 2.21. The number of hydrogen-bond donors (Lipinski definition) is 2. The highest BCUT2D eigenvalue weighted by Gasteiger charge is 2.23. The maximum Gasteiger partial charge on any atom is 0.408 e. The van der Waals surface area contributed by atoms with Gasteiger partial charge in [-0.1, -0.05) is 36.4 Å². The van der Waals surface area contributed by atoms with Crippen molar-refractivity contribution >= 4 is 17.8 Å². The van der Waals surface area contributed by atoms with Gasteiger partial charge in [0.15, 0.2) is 5.78 Å². The number of carboxylic acids is 1. The minimum absolute atomic E-state index is 0.0577. The van der Waals surface area contributed by atoms with Gasteiger partial charge >= 0.3 is 12.1 Å². The van der Waals surface area contributed by atoms with Crippen molar-refractivity contribution in [3.63, 3.8) is 0 Å². The van der Waals surface area contributed by atoms with Crippen LogP contribution in [0.2, 0.25) is 0 Å². The topological polar surface area (TPSA) is 92.7 Å². The minimum atomic E-state index is -0.863. The number of unbranched alkanes of at least 4 members (excludes halogenated alkanes) is 1. The number of rotatable bonds is 9. The molecule has 0 aliphatic heterocycles. The predicted molar refractivity (Wildman–Crippen MR) is 98.9 cm³/mol. The molecule has 1 aromatic rings. The number of ether oxygens (including phenoxy) is 1. The Bertz CT molecular complexity index is 631. The highest BCUT2D eigenvalue weighted by atomic mass is 16.6. The highest BCUT2D eigenvalue weighted by Crippen LogP contribution is 2.09. The first kappa shape index (κ1) is 21.4. The van der Waals surface area contributed by atoms with E-state index in [1.54, 1.807) is 26.8 Å². The largest absolute Gasteiger partial charge is 0.481 e. The second-order valence-corrected chi connectivity index (χ2v) is 6.98. The zero-order chi connectivity index (χ0) is 19.6. The summed E-state index contributed by atoms with van der Waals surface area (Å²) in [6.07, 6.45) is 3.74. The average Bonchev–Trinajstić information content (AvgIpc) is 2.52. The fourth-order valence-corrected chi connectivity index (χ4v) is 2.21. The molecule has 1 rings (SSSR count). The molecule has 2 N–H and O–H groups in total. The van der Waals surface area contributed by atoms with Crippen molar-refractivity contribution in [3.05, 3.63) is 48.0 Å². The summed E-state index contributed by atoms with van der Waals surface area (Å²) in [6, 6.07) is 8.63. The molecule has 0 spiro atoms. The highest BCUT2D eigenvalue weighted by molar-refractivity contribution is 5.96. The fraction of sp³-hybridized carbons (Fsp3) is 0.450. The molecule has 0 heterocycles. The van der Waals surface area contributed by atoms with Crippen LogP contribution in [-0.4, -0.2) is 34.6 Å². The van der Waals surface area contributed by atoms with Crippen LogP contribution in [0.15, 0.2) is 42.5 Å². The van der Waals surface area contributed by atoms with Gasteiger partial charge in [0, 0.05) is 12.8 Å². The van der Waals surface area contributed by atoms with Gasteiger partial charge in [0.2, 0.25) is 0 Å². The molecule has 0 bridgehead atoms. The quantitative estimate of drug-likeness (QED) is 0.519. The lowest BCUT2D eigenvalue weighted by Gasteiger charge is -2.22. The summed E-state index contributed by atoms with van der Waals surface area (Å²) < 4.78 is 5.23. The second kappa shape index (κ2) is 10.4. The summed E-state index contributed by atoms with van der Waals surface area (Å²) in [7, 11) is 0. The third-order valence-corrected chi connectivity index (χ3v) is 3.36. The number of benzene rings is 1. The lowest BCUT2D eigenvalue weighted by atomic mass is 10.0. The molecule has 0 saturated heterocycles. The lowest BCUT2D eigenvalue weighted by Crippen LogP contribution is -2.44. The molecule has 1 aromatic carbocycles. The van der Waals surface area contributed by atoms with E-state index in [0.29, 0.717) is 19.3 Å². The van der Waals surface area contributed by atoms with Crippen LogP contribution in [0.1, 0.15) is 45.6 Å². The van der Waals surface area contributed by atoms with Crippen LogP contribution in [-0.2, 0) is 20.7 Å². The molecule has 0 aliphatic rings. The number of nitrogens with one attached hydrogen (secondary N) is 1. The molecule has 0 aliphatic carbocycles. The van der Waals surface area contributed by atoms with Gasteiger partial charge in [-0.25, -0.2) is 4.79 Å². The molecule has 1 atom stereocenters. The maximum absolute atomic E-state index is 12.5. The molecule has 0 radical (unpaired) electrons. The van der Waals surface area contributed by atoms with Crippen molar-refractivity contribution < 1.29 is 24.2 Å². The van der Waals surface area contributed by atoms with Gasteiger partial charge in [-0.15, -0.1) is 0 Å². The summed E-state index contributed by atoms with van der Waals surface area (Å²) >= 11 is 0. The molecule has 1 amide bonds. The number of carbonyl (C=O) groups excluding carboxylic acids is 2. The first-order valence-corrected chi connectivity index (χ1v) is 8.63. The molecule has 6 heteroatoms. The van der Waals surface area contributed by atoms with Crippen LogP contribution in [0.25, 0.3) is 0 Å². The Morgan fingerprint density at radius 3 is 2.42 bits per heavy atom. The Morgan fingerprint density at radius 1 is 1.19 bits per heavy atom. The van der Waals surface area contributed by atoms with Crippen molar-refractivity contribution in [3.8, 4) is 0 Å². The molecule has 0 saturated carbocycles.